The maximum Gasteiger partial charge on any atom is 0.256 e. The topological polar surface area (TPSA) is 129 Å². The monoisotopic (exact) mass is 589 g/mol. The number of aryl methyl sites for hydroxylation is 1. The first-order valence-corrected chi connectivity index (χ1v) is 13.4. The van der Waals surface area contributed by atoms with Gasteiger partial charge < -0.3 is 20.8 Å². The fourth-order valence-electron chi connectivity index (χ4n) is 4.46. The molecule has 1 unspecified atom stereocenters. The van der Waals surface area contributed by atoms with Crippen molar-refractivity contribution < 1.29 is 23.8 Å². The number of amides is 1. The number of nitrogens with one attached hydrogen (secondary N) is 2. The number of fused-ring (bicyclic) bond motifs is 1. The highest BCUT2D eigenvalue weighted by Crippen LogP contribution is 2.31. The molecule has 5 rings (SSSR count). The minimum atomic E-state index is -0.821. The molecule has 0 radical (unpaired) electrons. The van der Waals surface area contributed by atoms with E-state index in [1.807, 2.05) is 6.92 Å². The Morgan fingerprint density at radius 1 is 1.00 bits per heavy atom. The number of carbonyl (C=O) groups excluding carboxylic acids is 1. The van der Waals surface area contributed by atoms with Gasteiger partial charge >= 0.3 is 0 Å². The molecule has 0 saturated heterocycles. The van der Waals surface area contributed by atoms with Gasteiger partial charge in [0.25, 0.3) is 11.5 Å². The van der Waals surface area contributed by atoms with Crippen molar-refractivity contribution in [2.24, 2.45) is 0 Å². The van der Waals surface area contributed by atoms with Gasteiger partial charge in [-0.25, -0.2) is 13.8 Å². The standard InChI is InChI=1S/C30H26F2N5O4P/c1-16-5-6-17(29(41)33-19-9-7-18(31)8-10-19)13-22(16)26-21-11-12-25(40)37(27-23(32)3-2-4-24(27)42)28(21)36-30(35-26)34-20(14-38)15-39/h2-13,20,38-39H,14-15,42H2,1H3,(H,33,41)(H,34,35,36). The van der Waals surface area contributed by atoms with Gasteiger partial charge in [0.2, 0.25) is 5.95 Å². The van der Waals surface area contributed by atoms with Crippen molar-refractivity contribution in [1.82, 2.24) is 14.5 Å². The van der Waals surface area contributed by atoms with Crippen LogP contribution in [0.2, 0.25) is 0 Å². The van der Waals surface area contributed by atoms with E-state index in [0.29, 0.717) is 27.6 Å². The number of aliphatic hydroxyl groups excluding tert-OH is 2. The number of nitrogens with zero attached hydrogens (tertiary/aromatic N) is 3. The molecule has 3 aromatic carbocycles. The molecule has 0 spiro atoms. The summed E-state index contributed by atoms with van der Waals surface area (Å²) in [7, 11) is 2.41. The lowest BCUT2D eigenvalue weighted by Gasteiger charge is -2.19. The van der Waals surface area contributed by atoms with Crippen molar-refractivity contribution in [3.8, 4) is 16.9 Å². The minimum absolute atomic E-state index is 0.0151. The zero-order chi connectivity index (χ0) is 30.0. The van der Waals surface area contributed by atoms with E-state index in [4.69, 9.17) is 0 Å². The molecule has 1 atom stereocenters. The lowest BCUT2D eigenvalue weighted by atomic mass is 9.99. The molecule has 12 heteroatoms. The van der Waals surface area contributed by atoms with Gasteiger partial charge in [0.1, 0.15) is 11.6 Å². The molecule has 2 heterocycles. The van der Waals surface area contributed by atoms with Gasteiger partial charge in [-0.05, 0) is 66.3 Å². The molecule has 4 N–H and O–H groups in total. The predicted octanol–water partition coefficient (Wildman–Crippen LogP) is 3.55. The van der Waals surface area contributed by atoms with Crippen molar-refractivity contribution in [2.75, 3.05) is 23.8 Å². The molecule has 9 nitrogen and oxygen atoms in total. The third kappa shape index (κ3) is 5.75. The first-order valence-electron chi connectivity index (χ1n) is 12.8. The number of benzene rings is 3. The van der Waals surface area contributed by atoms with Crippen molar-refractivity contribution in [3.63, 3.8) is 0 Å². The third-order valence-electron chi connectivity index (χ3n) is 6.62. The number of halogens is 2. The molecule has 0 bridgehead atoms. The third-order valence-corrected chi connectivity index (χ3v) is 7.09. The van der Waals surface area contributed by atoms with Crippen LogP contribution in [0.4, 0.5) is 20.4 Å². The minimum Gasteiger partial charge on any atom is -0.394 e. The predicted molar refractivity (Wildman–Crippen MR) is 161 cm³/mol. The summed E-state index contributed by atoms with van der Waals surface area (Å²) in [5, 5.41) is 25.7. The van der Waals surface area contributed by atoms with Crippen molar-refractivity contribution in [2.45, 2.75) is 13.0 Å². The Kier molecular flexibility index (Phi) is 8.35. The summed E-state index contributed by atoms with van der Waals surface area (Å²) in [6.45, 7) is 0.946. The van der Waals surface area contributed by atoms with Crippen LogP contribution in [0.25, 0.3) is 28.0 Å². The van der Waals surface area contributed by atoms with E-state index in [1.165, 1.54) is 48.5 Å². The van der Waals surface area contributed by atoms with Crippen LogP contribution < -0.4 is 21.5 Å². The average Bonchev–Trinajstić information content (AvgIpc) is 2.97. The van der Waals surface area contributed by atoms with E-state index in [2.05, 4.69) is 29.8 Å². The lowest BCUT2D eigenvalue weighted by molar-refractivity contribution is 0.102. The normalized spacial score (nSPS) is 11.2. The summed E-state index contributed by atoms with van der Waals surface area (Å²) in [6, 6.07) is 16.7. The summed E-state index contributed by atoms with van der Waals surface area (Å²) in [4.78, 5) is 35.4. The molecule has 5 aromatic rings. The van der Waals surface area contributed by atoms with Crippen LogP contribution in [0.5, 0.6) is 0 Å². The Balaban J connectivity index is 1.73. The van der Waals surface area contributed by atoms with E-state index >= 15 is 4.39 Å². The summed E-state index contributed by atoms with van der Waals surface area (Å²) in [5.74, 6) is -1.56. The average molecular weight is 590 g/mol. The zero-order valence-corrected chi connectivity index (χ0v) is 23.5. The summed E-state index contributed by atoms with van der Waals surface area (Å²) < 4.78 is 29.6. The second kappa shape index (κ2) is 12.1. The van der Waals surface area contributed by atoms with Crippen LogP contribution in [-0.4, -0.2) is 49.9 Å². The van der Waals surface area contributed by atoms with E-state index in [-0.39, 0.29) is 22.8 Å². The van der Waals surface area contributed by atoms with Gasteiger partial charge in [-0.15, -0.1) is 9.24 Å². The van der Waals surface area contributed by atoms with Gasteiger partial charge in [-0.3, -0.25) is 14.2 Å². The Morgan fingerprint density at radius 2 is 1.74 bits per heavy atom. The molecular formula is C30H26F2N5O4P. The smallest absolute Gasteiger partial charge is 0.256 e. The van der Waals surface area contributed by atoms with Crippen LogP contribution >= 0.6 is 9.24 Å². The van der Waals surface area contributed by atoms with Gasteiger partial charge in [0.05, 0.1) is 30.6 Å². The molecule has 0 aliphatic carbocycles. The number of aliphatic hydroxyl groups is 2. The van der Waals surface area contributed by atoms with Crippen LogP contribution in [0.15, 0.2) is 77.6 Å². The fraction of sp³-hybridized carbons (Fsp3) is 0.133. The van der Waals surface area contributed by atoms with Gasteiger partial charge in [0.15, 0.2) is 5.65 Å². The van der Waals surface area contributed by atoms with Crippen LogP contribution in [0.1, 0.15) is 15.9 Å². The number of para-hydroxylation sites is 1. The number of anilines is 2. The van der Waals surface area contributed by atoms with Crippen molar-refractivity contribution >= 4 is 43.1 Å². The molecule has 214 valence electrons. The molecule has 0 aliphatic rings. The summed E-state index contributed by atoms with van der Waals surface area (Å²) in [6.07, 6.45) is 0. The van der Waals surface area contributed by atoms with Crippen molar-refractivity contribution in [1.29, 1.82) is 0 Å². The van der Waals surface area contributed by atoms with Crippen molar-refractivity contribution in [3.05, 3.63) is 106 Å². The Hall–Kier alpha value is -4.57. The molecule has 2 aromatic heterocycles. The first kappa shape index (κ1) is 28.9. The molecule has 42 heavy (non-hydrogen) atoms. The Bertz CT molecular complexity index is 1840. The molecular weight excluding hydrogens is 563 g/mol. The Morgan fingerprint density at radius 3 is 2.43 bits per heavy atom. The number of pyridine rings is 1. The highest BCUT2D eigenvalue weighted by Gasteiger charge is 2.21. The van der Waals surface area contributed by atoms with Crippen LogP contribution in [-0.2, 0) is 0 Å². The highest BCUT2D eigenvalue weighted by molar-refractivity contribution is 7.27. The maximum atomic E-state index is 15.1. The largest absolute Gasteiger partial charge is 0.394 e. The van der Waals surface area contributed by atoms with Gasteiger partial charge in [0, 0.05) is 28.3 Å². The summed E-state index contributed by atoms with van der Waals surface area (Å²) >= 11 is 0. The lowest BCUT2D eigenvalue weighted by Crippen LogP contribution is -2.29. The highest BCUT2D eigenvalue weighted by atomic mass is 31.0. The van der Waals surface area contributed by atoms with Gasteiger partial charge in [-0.2, -0.15) is 4.98 Å². The second-order valence-electron chi connectivity index (χ2n) is 9.51. The van der Waals surface area contributed by atoms with E-state index in [0.717, 1.165) is 10.1 Å². The first-order chi connectivity index (χ1) is 20.2. The van der Waals surface area contributed by atoms with E-state index < -0.39 is 42.4 Å². The van der Waals surface area contributed by atoms with E-state index in [1.54, 1.807) is 24.3 Å². The second-order valence-corrected chi connectivity index (χ2v) is 10.1. The zero-order valence-electron chi connectivity index (χ0n) is 22.3. The number of aromatic nitrogens is 3. The van der Waals surface area contributed by atoms with Crippen LogP contribution in [0, 0.1) is 18.6 Å². The number of hydrogen-bond acceptors (Lipinski definition) is 7. The Labute approximate surface area is 241 Å². The number of rotatable bonds is 8. The van der Waals surface area contributed by atoms with Gasteiger partial charge in [-0.1, -0.05) is 18.2 Å². The molecule has 0 saturated carbocycles. The molecule has 1 amide bonds. The maximum absolute atomic E-state index is 15.1. The molecule has 0 fully saturated rings. The molecule has 0 aliphatic heterocycles. The van der Waals surface area contributed by atoms with E-state index in [9.17, 15) is 24.2 Å². The van der Waals surface area contributed by atoms with Crippen LogP contribution in [0.3, 0.4) is 0 Å². The SMILES string of the molecule is Cc1ccc(C(=O)Nc2ccc(F)cc2)cc1-c1nc(NC(CO)CO)nc2c1ccc(=O)n2-c1c(F)cccc1P. The number of carbonyl (C=O) groups is 1. The quantitative estimate of drug-likeness (QED) is 0.204. The number of hydrogen-bond donors (Lipinski definition) is 4. The summed E-state index contributed by atoms with van der Waals surface area (Å²) in [5.41, 5.74) is 1.77. The fourth-order valence-corrected chi connectivity index (χ4v) is 4.83.